The van der Waals surface area contributed by atoms with Crippen LogP contribution >= 0.6 is 0 Å². The van der Waals surface area contributed by atoms with E-state index in [9.17, 15) is 14.4 Å². The summed E-state index contributed by atoms with van der Waals surface area (Å²) < 4.78 is 4.87. The van der Waals surface area contributed by atoms with Crippen molar-refractivity contribution in [2.24, 2.45) is 0 Å². The Bertz CT molecular complexity index is 699. The highest BCUT2D eigenvalue weighted by Gasteiger charge is 2.39. The Balaban J connectivity index is 1.85. The van der Waals surface area contributed by atoms with Gasteiger partial charge in [-0.25, -0.2) is 9.78 Å². The van der Waals surface area contributed by atoms with Gasteiger partial charge in [0.2, 0.25) is 0 Å². The summed E-state index contributed by atoms with van der Waals surface area (Å²) in [6.07, 6.45) is 1.09. The Hall–Kier alpha value is -2.96. The van der Waals surface area contributed by atoms with Crippen molar-refractivity contribution in [1.29, 1.82) is 0 Å². The minimum Gasteiger partial charge on any atom is -0.448 e. The molecule has 1 aliphatic heterocycles. The first kappa shape index (κ1) is 12.1. The Morgan fingerprint density at radius 2 is 1.80 bits per heavy atom. The number of amides is 2. The first-order valence-electron chi connectivity index (χ1n) is 5.70. The third-order valence-corrected chi connectivity index (χ3v) is 2.76. The number of fused-ring (bicyclic) bond motifs is 1. The number of carbonyl (C=O) groups excluding carboxylic acids is 3. The summed E-state index contributed by atoms with van der Waals surface area (Å²) in [6.45, 7) is 1.55. The fraction of sp³-hybridized carbons (Fsp3) is 0.0769. The van der Waals surface area contributed by atoms with E-state index in [1.54, 1.807) is 19.1 Å². The molecule has 2 heterocycles. The molecule has 0 fully saturated rings. The molecule has 0 saturated carbocycles. The highest BCUT2D eigenvalue weighted by molar-refractivity contribution is 6.21. The summed E-state index contributed by atoms with van der Waals surface area (Å²) in [5.41, 5.74) is 0.280. The third kappa shape index (κ3) is 1.76. The molecule has 7 heteroatoms. The van der Waals surface area contributed by atoms with Crippen LogP contribution < -0.4 is 0 Å². The van der Waals surface area contributed by atoms with Crippen molar-refractivity contribution in [3.63, 3.8) is 0 Å². The predicted molar refractivity (Wildman–Crippen MR) is 63.6 cm³/mol. The molecule has 1 aliphatic rings. The molecule has 1 aromatic carbocycles. The van der Waals surface area contributed by atoms with Crippen LogP contribution in [-0.2, 0) is 4.84 Å². The fourth-order valence-corrected chi connectivity index (χ4v) is 1.84. The first-order valence-corrected chi connectivity index (χ1v) is 5.70. The lowest BCUT2D eigenvalue weighted by molar-refractivity contribution is -0.0588. The standard InChI is InChI=1S/C13H8N2O5/c1-7-14-10(6-19-7)13(18)20-15-11(16)8-4-2-3-5-9(8)12(15)17/h2-6H,1H3. The SMILES string of the molecule is Cc1nc(C(=O)ON2C(=O)c3ccccc3C2=O)co1. The van der Waals surface area contributed by atoms with E-state index in [1.807, 2.05) is 0 Å². The number of aryl methyl sites for hydroxylation is 1. The van der Waals surface area contributed by atoms with Crippen molar-refractivity contribution < 1.29 is 23.6 Å². The van der Waals surface area contributed by atoms with Gasteiger partial charge < -0.3 is 9.25 Å². The van der Waals surface area contributed by atoms with E-state index in [0.717, 1.165) is 6.26 Å². The molecule has 0 aliphatic carbocycles. The number of rotatable bonds is 2. The Morgan fingerprint density at radius 3 is 2.30 bits per heavy atom. The lowest BCUT2D eigenvalue weighted by Crippen LogP contribution is -2.32. The second-order valence-electron chi connectivity index (χ2n) is 4.08. The molecule has 0 radical (unpaired) electrons. The van der Waals surface area contributed by atoms with E-state index in [0.29, 0.717) is 5.06 Å². The van der Waals surface area contributed by atoms with Gasteiger partial charge in [0.1, 0.15) is 6.26 Å². The molecular weight excluding hydrogens is 264 g/mol. The van der Waals surface area contributed by atoms with E-state index in [4.69, 9.17) is 9.25 Å². The molecule has 100 valence electrons. The fourth-order valence-electron chi connectivity index (χ4n) is 1.84. The molecular formula is C13H8N2O5. The van der Waals surface area contributed by atoms with Gasteiger partial charge in [-0.2, -0.15) is 0 Å². The minimum absolute atomic E-state index is 0.112. The lowest BCUT2D eigenvalue weighted by Gasteiger charge is -2.11. The van der Waals surface area contributed by atoms with Crippen LogP contribution in [0.5, 0.6) is 0 Å². The Morgan fingerprint density at radius 1 is 1.20 bits per heavy atom. The maximum Gasteiger partial charge on any atom is 0.385 e. The van der Waals surface area contributed by atoms with Gasteiger partial charge >= 0.3 is 5.97 Å². The van der Waals surface area contributed by atoms with Gasteiger partial charge in [-0.3, -0.25) is 9.59 Å². The van der Waals surface area contributed by atoms with Gasteiger partial charge in [0.25, 0.3) is 11.8 Å². The number of carbonyl (C=O) groups is 3. The van der Waals surface area contributed by atoms with Crippen molar-refractivity contribution in [3.05, 3.63) is 53.2 Å². The number of aromatic nitrogens is 1. The van der Waals surface area contributed by atoms with Crippen LogP contribution in [0.2, 0.25) is 0 Å². The highest BCUT2D eigenvalue weighted by Crippen LogP contribution is 2.23. The van der Waals surface area contributed by atoms with E-state index < -0.39 is 17.8 Å². The van der Waals surface area contributed by atoms with Crippen molar-refractivity contribution in [2.45, 2.75) is 6.92 Å². The average molecular weight is 272 g/mol. The lowest BCUT2D eigenvalue weighted by atomic mass is 10.1. The van der Waals surface area contributed by atoms with Crippen molar-refractivity contribution in [3.8, 4) is 0 Å². The van der Waals surface area contributed by atoms with Crippen LogP contribution in [0.4, 0.5) is 0 Å². The zero-order valence-electron chi connectivity index (χ0n) is 10.3. The summed E-state index contributed by atoms with van der Waals surface area (Å²) in [5, 5.41) is 0.428. The Kier molecular flexibility index (Phi) is 2.60. The number of hydrogen-bond donors (Lipinski definition) is 0. The minimum atomic E-state index is -0.934. The number of hydrogen-bond acceptors (Lipinski definition) is 6. The molecule has 0 saturated heterocycles. The van der Waals surface area contributed by atoms with Crippen LogP contribution in [0.1, 0.15) is 37.1 Å². The highest BCUT2D eigenvalue weighted by atomic mass is 16.7. The van der Waals surface area contributed by atoms with Gasteiger partial charge in [-0.15, -0.1) is 0 Å². The van der Waals surface area contributed by atoms with Crippen LogP contribution in [0.3, 0.4) is 0 Å². The molecule has 0 N–H and O–H groups in total. The van der Waals surface area contributed by atoms with Crippen LogP contribution in [0, 0.1) is 6.92 Å². The van der Waals surface area contributed by atoms with E-state index in [2.05, 4.69) is 4.98 Å². The molecule has 2 aromatic rings. The zero-order chi connectivity index (χ0) is 14.3. The quantitative estimate of drug-likeness (QED) is 0.766. The molecule has 0 atom stereocenters. The second-order valence-corrected chi connectivity index (χ2v) is 4.08. The molecule has 0 bridgehead atoms. The molecule has 20 heavy (non-hydrogen) atoms. The molecule has 0 unspecified atom stereocenters. The molecule has 2 amide bonds. The second kappa shape index (κ2) is 4.30. The first-order chi connectivity index (χ1) is 9.58. The smallest absolute Gasteiger partial charge is 0.385 e. The van der Waals surface area contributed by atoms with E-state index in [1.165, 1.54) is 12.1 Å². The number of imide groups is 1. The maximum atomic E-state index is 12.0. The van der Waals surface area contributed by atoms with E-state index in [-0.39, 0.29) is 22.7 Å². The molecule has 7 nitrogen and oxygen atoms in total. The molecule has 0 spiro atoms. The topological polar surface area (TPSA) is 89.7 Å². The molecule has 3 rings (SSSR count). The van der Waals surface area contributed by atoms with Crippen molar-refractivity contribution in [2.75, 3.05) is 0 Å². The van der Waals surface area contributed by atoms with Gasteiger partial charge in [0.15, 0.2) is 11.6 Å². The zero-order valence-corrected chi connectivity index (χ0v) is 10.3. The molecule has 1 aromatic heterocycles. The normalized spacial score (nSPS) is 13.6. The van der Waals surface area contributed by atoms with Gasteiger partial charge in [0, 0.05) is 6.92 Å². The van der Waals surface area contributed by atoms with Gasteiger partial charge in [-0.05, 0) is 12.1 Å². The summed E-state index contributed by atoms with van der Waals surface area (Å²) in [4.78, 5) is 44.2. The number of oxazole rings is 1. The van der Waals surface area contributed by atoms with Crippen LogP contribution in [0.15, 0.2) is 34.9 Å². The van der Waals surface area contributed by atoms with Crippen LogP contribution in [-0.4, -0.2) is 27.8 Å². The van der Waals surface area contributed by atoms with Gasteiger partial charge in [0.05, 0.1) is 11.1 Å². The third-order valence-electron chi connectivity index (χ3n) is 2.76. The largest absolute Gasteiger partial charge is 0.448 e. The summed E-state index contributed by atoms with van der Waals surface area (Å²) in [6, 6.07) is 6.22. The maximum absolute atomic E-state index is 12.0. The van der Waals surface area contributed by atoms with Gasteiger partial charge in [-0.1, -0.05) is 17.2 Å². The summed E-state index contributed by atoms with van der Waals surface area (Å²) >= 11 is 0. The monoisotopic (exact) mass is 272 g/mol. The average Bonchev–Trinajstić information content (AvgIpc) is 2.98. The predicted octanol–water partition coefficient (Wildman–Crippen LogP) is 1.35. The number of nitrogens with zero attached hydrogens (tertiary/aromatic N) is 2. The van der Waals surface area contributed by atoms with Crippen molar-refractivity contribution >= 4 is 17.8 Å². The summed E-state index contributed by atoms with van der Waals surface area (Å²) in [5.74, 6) is -2.02. The number of benzene rings is 1. The number of hydroxylamine groups is 2. The Labute approximate surface area is 112 Å². The summed E-state index contributed by atoms with van der Waals surface area (Å²) in [7, 11) is 0. The van der Waals surface area contributed by atoms with Crippen LogP contribution in [0.25, 0.3) is 0 Å². The van der Waals surface area contributed by atoms with Crippen molar-refractivity contribution in [1.82, 2.24) is 10.0 Å². The van der Waals surface area contributed by atoms with E-state index >= 15 is 0 Å².